The monoisotopic (exact) mass is 218 g/mol. The molecule has 0 heterocycles. The number of carboxylic acid groups (broad SMARTS) is 1. The second-order valence-electron chi connectivity index (χ2n) is 5.49. The van der Waals surface area contributed by atoms with Gasteiger partial charge in [-0.3, -0.25) is 4.79 Å². The minimum Gasteiger partial charge on any atom is -0.481 e. The van der Waals surface area contributed by atoms with E-state index in [0.717, 1.165) is 6.54 Å². The number of rotatable bonds is 6. The molecule has 0 fully saturated rings. The Morgan fingerprint density at radius 1 is 1.27 bits per heavy atom. The van der Waals surface area contributed by atoms with E-state index in [1.165, 1.54) is 0 Å². The first kappa shape index (κ1) is 14.4. The lowest BCUT2D eigenvalue weighted by atomic mass is 10.2. The number of carboxylic acids is 1. The van der Waals surface area contributed by atoms with E-state index in [9.17, 15) is 4.79 Å². The van der Waals surface area contributed by atoms with Gasteiger partial charge in [0.25, 0.3) is 0 Å². The van der Waals surface area contributed by atoms with Gasteiger partial charge in [0.1, 0.15) is 6.54 Å². The first-order chi connectivity index (χ1) is 6.62. The first-order valence-corrected chi connectivity index (χ1v) is 5.30. The maximum atomic E-state index is 10.4. The molecule has 0 aliphatic carbocycles. The highest BCUT2D eigenvalue weighted by Gasteiger charge is 2.18. The van der Waals surface area contributed by atoms with Crippen molar-refractivity contribution in [1.29, 1.82) is 0 Å². The van der Waals surface area contributed by atoms with Gasteiger partial charge in [0.15, 0.2) is 0 Å². The van der Waals surface area contributed by atoms with E-state index < -0.39 is 5.97 Å². The van der Waals surface area contributed by atoms with Crippen LogP contribution in [0, 0.1) is 0 Å². The zero-order valence-corrected chi connectivity index (χ0v) is 10.5. The summed E-state index contributed by atoms with van der Waals surface area (Å²) in [5.74, 6) is -0.738. The van der Waals surface area contributed by atoms with Gasteiger partial charge in [0, 0.05) is 0 Å². The van der Waals surface area contributed by atoms with Crippen LogP contribution in [-0.4, -0.2) is 55.0 Å². The molecule has 0 atom stereocenters. The minimum atomic E-state index is -0.738. The molecule has 0 aliphatic rings. The number of aliphatic carboxylic acids is 1. The van der Waals surface area contributed by atoms with E-state index in [4.69, 9.17) is 9.84 Å². The van der Waals surface area contributed by atoms with E-state index in [2.05, 4.69) is 0 Å². The number of ether oxygens (including phenoxy) is 1. The van der Waals surface area contributed by atoms with Gasteiger partial charge < -0.3 is 14.3 Å². The van der Waals surface area contributed by atoms with Crippen molar-refractivity contribution in [2.75, 3.05) is 33.8 Å². The molecule has 0 unspecified atom stereocenters. The van der Waals surface area contributed by atoms with Crippen LogP contribution in [-0.2, 0) is 9.53 Å². The third kappa shape index (κ3) is 9.69. The number of likely N-dealkylation sites (N-methyl/N-ethyl adjacent to an activating group) is 1. The van der Waals surface area contributed by atoms with Crippen LogP contribution in [0.25, 0.3) is 0 Å². The molecule has 0 saturated carbocycles. The molecule has 15 heavy (non-hydrogen) atoms. The number of carbonyl (C=O) groups is 1. The molecule has 0 aromatic rings. The summed E-state index contributed by atoms with van der Waals surface area (Å²) in [6.07, 6.45) is 0.211. The van der Waals surface area contributed by atoms with E-state index in [1.807, 2.05) is 34.9 Å². The Morgan fingerprint density at radius 3 is 2.20 bits per heavy atom. The fourth-order valence-corrected chi connectivity index (χ4v) is 1.11. The zero-order chi connectivity index (χ0) is 12.1. The Hall–Kier alpha value is -0.610. The van der Waals surface area contributed by atoms with Crippen molar-refractivity contribution in [2.24, 2.45) is 0 Å². The van der Waals surface area contributed by atoms with Gasteiger partial charge in [-0.2, -0.15) is 0 Å². The number of hydrogen-bond donors (Lipinski definition) is 1. The van der Waals surface area contributed by atoms with Crippen molar-refractivity contribution in [1.82, 2.24) is 0 Å². The van der Waals surface area contributed by atoms with Gasteiger partial charge in [0.2, 0.25) is 0 Å². The van der Waals surface area contributed by atoms with Crippen LogP contribution in [0.5, 0.6) is 0 Å². The maximum Gasteiger partial charge on any atom is 0.309 e. The van der Waals surface area contributed by atoms with E-state index in [-0.39, 0.29) is 12.0 Å². The molecule has 0 amide bonds. The second kappa shape index (κ2) is 5.47. The molecule has 0 rings (SSSR count). The summed E-state index contributed by atoms with van der Waals surface area (Å²) in [7, 11) is 4.05. The third-order valence-corrected chi connectivity index (χ3v) is 2.16. The lowest BCUT2D eigenvalue weighted by molar-refractivity contribution is -0.890. The molecule has 0 saturated heterocycles. The van der Waals surface area contributed by atoms with E-state index in [0.29, 0.717) is 17.6 Å². The van der Waals surface area contributed by atoms with Crippen LogP contribution in [0.3, 0.4) is 0 Å². The van der Waals surface area contributed by atoms with Crippen LogP contribution in [0.2, 0.25) is 0 Å². The van der Waals surface area contributed by atoms with Gasteiger partial charge in [-0.15, -0.1) is 0 Å². The molecule has 4 heteroatoms. The van der Waals surface area contributed by atoms with Crippen LogP contribution >= 0.6 is 0 Å². The summed E-state index contributed by atoms with van der Waals surface area (Å²) in [5, 5.41) is 8.59. The molecule has 0 aromatic heterocycles. The van der Waals surface area contributed by atoms with Crippen molar-refractivity contribution >= 4 is 5.97 Å². The topological polar surface area (TPSA) is 46.5 Å². The molecule has 0 radical (unpaired) electrons. The summed E-state index contributed by atoms with van der Waals surface area (Å²) in [4.78, 5) is 10.4. The molecule has 0 spiro atoms. The standard InChI is InChI=1S/C11H23NO3/c1-11(2,3)15-9-8-12(4,5)7-6-10(13)14/h6-9H2,1-5H3/p+1. The van der Waals surface area contributed by atoms with Crippen LogP contribution in [0.1, 0.15) is 27.2 Å². The highest BCUT2D eigenvalue weighted by Crippen LogP contribution is 2.07. The Morgan fingerprint density at radius 2 is 1.80 bits per heavy atom. The summed E-state index contributed by atoms with van der Waals surface area (Å²) in [6.45, 7) is 8.20. The minimum absolute atomic E-state index is 0.118. The molecule has 4 nitrogen and oxygen atoms in total. The van der Waals surface area contributed by atoms with E-state index in [1.54, 1.807) is 0 Å². The van der Waals surface area contributed by atoms with Gasteiger partial charge >= 0.3 is 5.97 Å². The van der Waals surface area contributed by atoms with Crippen LogP contribution < -0.4 is 0 Å². The summed E-state index contributed by atoms with van der Waals surface area (Å²) >= 11 is 0. The SMILES string of the molecule is CC(C)(C)OCC[N+](C)(C)CCC(=O)O. The van der Waals surface area contributed by atoms with Crippen molar-refractivity contribution in [3.63, 3.8) is 0 Å². The molecular weight excluding hydrogens is 194 g/mol. The lowest BCUT2D eigenvalue weighted by Gasteiger charge is -2.30. The van der Waals surface area contributed by atoms with Crippen molar-refractivity contribution in [2.45, 2.75) is 32.8 Å². The molecule has 0 aliphatic heterocycles. The van der Waals surface area contributed by atoms with Gasteiger partial charge in [0.05, 0.1) is 39.3 Å². The Labute approximate surface area is 92.4 Å². The Kier molecular flexibility index (Phi) is 5.24. The normalized spacial score (nSPS) is 12.9. The third-order valence-electron chi connectivity index (χ3n) is 2.16. The predicted molar refractivity (Wildman–Crippen MR) is 59.8 cm³/mol. The van der Waals surface area contributed by atoms with E-state index >= 15 is 0 Å². The number of nitrogens with zero attached hydrogens (tertiary/aromatic N) is 1. The molecule has 1 N–H and O–H groups in total. The van der Waals surface area contributed by atoms with Crippen molar-refractivity contribution in [3.8, 4) is 0 Å². The van der Waals surface area contributed by atoms with Crippen LogP contribution in [0.4, 0.5) is 0 Å². The fraction of sp³-hybridized carbons (Fsp3) is 0.909. The molecule has 0 bridgehead atoms. The van der Waals surface area contributed by atoms with Crippen LogP contribution in [0.15, 0.2) is 0 Å². The summed E-state index contributed by atoms with van der Waals surface area (Å²) < 4.78 is 6.29. The fourth-order valence-electron chi connectivity index (χ4n) is 1.11. The van der Waals surface area contributed by atoms with Crippen molar-refractivity contribution in [3.05, 3.63) is 0 Å². The molecule has 90 valence electrons. The Bertz CT molecular complexity index is 206. The lowest BCUT2D eigenvalue weighted by Crippen LogP contribution is -2.44. The molecule has 0 aromatic carbocycles. The number of quaternary nitrogens is 1. The maximum absolute atomic E-state index is 10.4. The second-order valence-corrected chi connectivity index (χ2v) is 5.49. The smallest absolute Gasteiger partial charge is 0.309 e. The highest BCUT2D eigenvalue weighted by atomic mass is 16.5. The average molecular weight is 218 g/mol. The summed E-state index contributed by atoms with van der Waals surface area (Å²) in [6, 6.07) is 0. The predicted octanol–water partition coefficient (Wildman–Crippen LogP) is 1.35. The quantitative estimate of drug-likeness (QED) is 0.685. The zero-order valence-electron chi connectivity index (χ0n) is 10.5. The number of hydrogen-bond acceptors (Lipinski definition) is 2. The van der Waals surface area contributed by atoms with Gasteiger partial charge in [-0.1, -0.05) is 0 Å². The van der Waals surface area contributed by atoms with Gasteiger partial charge in [-0.05, 0) is 20.8 Å². The van der Waals surface area contributed by atoms with Crippen molar-refractivity contribution < 1.29 is 19.1 Å². The average Bonchev–Trinajstić information content (AvgIpc) is 1.98. The highest BCUT2D eigenvalue weighted by molar-refractivity contribution is 5.66. The summed E-state index contributed by atoms with van der Waals surface area (Å²) in [5.41, 5.74) is -0.118. The largest absolute Gasteiger partial charge is 0.481 e. The molecular formula is C11H24NO3+. The van der Waals surface area contributed by atoms with Gasteiger partial charge in [-0.25, -0.2) is 0 Å². The first-order valence-electron chi connectivity index (χ1n) is 5.30. The Balaban J connectivity index is 3.78.